The van der Waals surface area contributed by atoms with E-state index >= 15 is 0 Å². The third-order valence-corrected chi connectivity index (χ3v) is 3.43. The van der Waals surface area contributed by atoms with Gasteiger partial charge < -0.3 is 5.73 Å². The van der Waals surface area contributed by atoms with Crippen LogP contribution in [0.25, 0.3) is 16.9 Å². The maximum absolute atomic E-state index is 5.79. The van der Waals surface area contributed by atoms with Crippen LogP contribution in [0.2, 0.25) is 0 Å². The van der Waals surface area contributed by atoms with Crippen molar-refractivity contribution < 1.29 is 0 Å². The Morgan fingerprint density at radius 2 is 1.85 bits per heavy atom. The molecule has 100 valence electrons. The summed E-state index contributed by atoms with van der Waals surface area (Å²) in [6.07, 6.45) is 1.92. The summed E-state index contributed by atoms with van der Waals surface area (Å²) in [5.41, 5.74) is 11.9. The number of hydrogen-bond acceptors (Lipinski definition) is 3. The second-order valence-corrected chi connectivity index (χ2v) is 4.94. The maximum Gasteiger partial charge on any atom is 0.113 e. The van der Waals surface area contributed by atoms with E-state index in [1.54, 1.807) is 4.68 Å². The third-order valence-electron chi connectivity index (χ3n) is 3.43. The molecule has 1 aromatic heterocycles. The van der Waals surface area contributed by atoms with Crippen LogP contribution in [0, 0.1) is 13.8 Å². The fourth-order valence-electron chi connectivity index (χ4n) is 2.09. The summed E-state index contributed by atoms with van der Waals surface area (Å²) < 4.78 is 1.74. The van der Waals surface area contributed by atoms with Crippen molar-refractivity contribution >= 4 is 5.69 Å². The molecule has 0 atom stereocenters. The number of aryl methyl sites for hydroxylation is 2. The monoisotopic (exact) mass is 264 g/mol. The van der Waals surface area contributed by atoms with Crippen LogP contribution in [0.4, 0.5) is 5.69 Å². The van der Waals surface area contributed by atoms with Gasteiger partial charge in [-0.1, -0.05) is 23.4 Å². The van der Waals surface area contributed by atoms with E-state index in [2.05, 4.69) is 42.4 Å². The van der Waals surface area contributed by atoms with Crippen LogP contribution >= 0.6 is 0 Å². The molecule has 0 unspecified atom stereocenters. The van der Waals surface area contributed by atoms with Gasteiger partial charge in [0.25, 0.3) is 0 Å². The molecule has 3 rings (SSSR count). The molecule has 1 heterocycles. The zero-order valence-corrected chi connectivity index (χ0v) is 11.5. The molecule has 0 radical (unpaired) electrons. The summed E-state index contributed by atoms with van der Waals surface area (Å²) in [5.74, 6) is 0. The lowest BCUT2D eigenvalue weighted by atomic mass is 10.0. The minimum atomic E-state index is 0.714. The summed E-state index contributed by atoms with van der Waals surface area (Å²) in [4.78, 5) is 0. The molecule has 2 N–H and O–H groups in total. The number of benzene rings is 2. The van der Waals surface area contributed by atoms with Gasteiger partial charge in [0.2, 0.25) is 0 Å². The SMILES string of the molecule is Cc1ccc(-c2cn(-c3cccc(N)c3)nn2)cc1C. The fraction of sp³-hybridized carbons (Fsp3) is 0.125. The van der Waals surface area contributed by atoms with Crippen molar-refractivity contribution in [2.45, 2.75) is 13.8 Å². The number of nitrogens with two attached hydrogens (primary N) is 1. The molecule has 0 amide bonds. The normalized spacial score (nSPS) is 10.7. The van der Waals surface area contributed by atoms with E-state index in [0.29, 0.717) is 5.69 Å². The molecule has 20 heavy (non-hydrogen) atoms. The largest absolute Gasteiger partial charge is 0.399 e. The van der Waals surface area contributed by atoms with E-state index < -0.39 is 0 Å². The number of nitrogen functional groups attached to an aromatic ring is 1. The van der Waals surface area contributed by atoms with E-state index in [1.165, 1.54) is 11.1 Å². The van der Waals surface area contributed by atoms with E-state index in [4.69, 9.17) is 5.73 Å². The second-order valence-electron chi connectivity index (χ2n) is 4.94. The lowest BCUT2D eigenvalue weighted by molar-refractivity contribution is 0.804. The predicted molar refractivity (Wildman–Crippen MR) is 80.7 cm³/mol. The van der Waals surface area contributed by atoms with Gasteiger partial charge in [0.1, 0.15) is 5.69 Å². The highest BCUT2D eigenvalue weighted by atomic mass is 15.4. The van der Waals surface area contributed by atoms with Gasteiger partial charge in [0.05, 0.1) is 11.9 Å². The van der Waals surface area contributed by atoms with Gasteiger partial charge in [-0.2, -0.15) is 0 Å². The minimum Gasteiger partial charge on any atom is -0.399 e. The third kappa shape index (κ3) is 2.28. The summed E-state index contributed by atoms with van der Waals surface area (Å²) >= 11 is 0. The van der Waals surface area contributed by atoms with Gasteiger partial charge in [-0.15, -0.1) is 5.10 Å². The molecule has 0 aliphatic carbocycles. The van der Waals surface area contributed by atoms with Crippen molar-refractivity contribution in [3.05, 3.63) is 59.8 Å². The molecule has 0 aliphatic heterocycles. The van der Waals surface area contributed by atoms with Crippen LogP contribution in [-0.2, 0) is 0 Å². The Kier molecular flexibility index (Phi) is 2.99. The molecule has 0 bridgehead atoms. The fourth-order valence-corrected chi connectivity index (χ4v) is 2.09. The maximum atomic E-state index is 5.79. The Bertz CT molecular complexity index is 759. The number of rotatable bonds is 2. The number of hydrogen-bond donors (Lipinski definition) is 1. The van der Waals surface area contributed by atoms with E-state index in [0.717, 1.165) is 16.9 Å². The Morgan fingerprint density at radius 3 is 2.60 bits per heavy atom. The van der Waals surface area contributed by atoms with E-state index in [9.17, 15) is 0 Å². The number of nitrogens with zero attached hydrogens (tertiary/aromatic N) is 3. The van der Waals surface area contributed by atoms with Crippen molar-refractivity contribution in [2.75, 3.05) is 5.73 Å². The van der Waals surface area contributed by atoms with Crippen LogP contribution < -0.4 is 5.73 Å². The second kappa shape index (κ2) is 4.81. The van der Waals surface area contributed by atoms with Gasteiger partial charge in [-0.25, -0.2) is 4.68 Å². The molecule has 4 heteroatoms. The summed E-state index contributed by atoms with van der Waals surface area (Å²) in [5, 5.41) is 8.40. The van der Waals surface area contributed by atoms with Crippen LogP contribution in [0.1, 0.15) is 11.1 Å². The standard InChI is InChI=1S/C16H16N4/c1-11-6-7-13(8-12(11)2)16-10-20(19-18-16)15-5-3-4-14(17)9-15/h3-10H,17H2,1-2H3. The molecule has 3 aromatic rings. The zero-order valence-electron chi connectivity index (χ0n) is 11.5. The molecule has 0 saturated heterocycles. The Morgan fingerprint density at radius 1 is 1.00 bits per heavy atom. The highest BCUT2D eigenvalue weighted by Gasteiger charge is 2.06. The Balaban J connectivity index is 1.99. The lowest BCUT2D eigenvalue weighted by Gasteiger charge is -2.02. The lowest BCUT2D eigenvalue weighted by Crippen LogP contribution is -1.95. The highest BCUT2D eigenvalue weighted by molar-refractivity contribution is 5.60. The first kappa shape index (κ1) is 12.4. The van der Waals surface area contributed by atoms with Crippen molar-refractivity contribution in [2.24, 2.45) is 0 Å². The molecule has 0 saturated carbocycles. The molecule has 4 nitrogen and oxygen atoms in total. The Labute approximate surface area is 117 Å². The van der Waals surface area contributed by atoms with Crippen molar-refractivity contribution in [3.63, 3.8) is 0 Å². The van der Waals surface area contributed by atoms with E-state index in [1.807, 2.05) is 30.5 Å². The average Bonchev–Trinajstić information content (AvgIpc) is 2.92. The molecule has 0 fully saturated rings. The Hall–Kier alpha value is -2.62. The van der Waals surface area contributed by atoms with Gasteiger partial charge in [0.15, 0.2) is 0 Å². The van der Waals surface area contributed by atoms with Crippen molar-refractivity contribution in [1.29, 1.82) is 0 Å². The molecule has 0 spiro atoms. The van der Waals surface area contributed by atoms with Crippen LogP contribution in [-0.4, -0.2) is 15.0 Å². The summed E-state index contributed by atoms with van der Waals surface area (Å²) in [6.45, 7) is 4.20. The number of anilines is 1. The molecular formula is C16H16N4. The molecule has 2 aromatic carbocycles. The highest BCUT2D eigenvalue weighted by Crippen LogP contribution is 2.21. The van der Waals surface area contributed by atoms with Crippen LogP contribution in [0.15, 0.2) is 48.7 Å². The van der Waals surface area contributed by atoms with Gasteiger partial charge in [-0.3, -0.25) is 0 Å². The molecule has 0 aliphatic rings. The topological polar surface area (TPSA) is 56.7 Å². The first-order valence-corrected chi connectivity index (χ1v) is 6.49. The minimum absolute atomic E-state index is 0.714. The smallest absolute Gasteiger partial charge is 0.113 e. The quantitative estimate of drug-likeness (QED) is 0.723. The molecular weight excluding hydrogens is 248 g/mol. The van der Waals surface area contributed by atoms with Gasteiger partial charge >= 0.3 is 0 Å². The van der Waals surface area contributed by atoms with Gasteiger partial charge in [0, 0.05) is 11.3 Å². The summed E-state index contributed by atoms with van der Waals surface area (Å²) in [6, 6.07) is 13.9. The van der Waals surface area contributed by atoms with Crippen LogP contribution in [0.3, 0.4) is 0 Å². The number of aromatic nitrogens is 3. The first-order valence-electron chi connectivity index (χ1n) is 6.49. The van der Waals surface area contributed by atoms with Crippen molar-refractivity contribution in [1.82, 2.24) is 15.0 Å². The average molecular weight is 264 g/mol. The zero-order chi connectivity index (χ0) is 14.1. The van der Waals surface area contributed by atoms with Crippen LogP contribution in [0.5, 0.6) is 0 Å². The first-order chi connectivity index (χ1) is 9.63. The van der Waals surface area contributed by atoms with E-state index in [-0.39, 0.29) is 0 Å². The summed E-state index contributed by atoms with van der Waals surface area (Å²) in [7, 11) is 0. The predicted octanol–water partition coefficient (Wildman–Crippen LogP) is 3.13. The van der Waals surface area contributed by atoms with Crippen molar-refractivity contribution in [3.8, 4) is 16.9 Å². The van der Waals surface area contributed by atoms with Gasteiger partial charge in [-0.05, 0) is 49.2 Å².